The Balaban J connectivity index is 1.60. The maximum atomic E-state index is 12.6. The molecular formula is C25H28N2O4S. The van der Waals surface area contributed by atoms with Gasteiger partial charge < -0.3 is 10.1 Å². The van der Waals surface area contributed by atoms with Crippen molar-refractivity contribution in [3.05, 3.63) is 90.0 Å². The molecule has 3 aromatic carbocycles. The summed E-state index contributed by atoms with van der Waals surface area (Å²) in [5, 5.41) is 2.78. The Labute approximate surface area is 189 Å². The Morgan fingerprint density at radius 1 is 0.906 bits per heavy atom. The highest BCUT2D eigenvalue weighted by Crippen LogP contribution is 2.19. The van der Waals surface area contributed by atoms with Crippen molar-refractivity contribution in [2.75, 3.05) is 11.9 Å². The fourth-order valence-electron chi connectivity index (χ4n) is 3.04. The molecule has 168 valence electrons. The summed E-state index contributed by atoms with van der Waals surface area (Å²) in [6.07, 6.45) is 0.774. The van der Waals surface area contributed by atoms with Gasteiger partial charge in [-0.2, -0.15) is 0 Å². The zero-order valence-electron chi connectivity index (χ0n) is 18.5. The molecule has 0 bridgehead atoms. The molecule has 0 aliphatic heterocycles. The van der Waals surface area contributed by atoms with E-state index < -0.39 is 15.6 Å². The molecule has 0 fully saturated rings. The molecule has 32 heavy (non-hydrogen) atoms. The first kappa shape index (κ1) is 23.5. The van der Waals surface area contributed by atoms with Crippen LogP contribution >= 0.6 is 0 Å². The topological polar surface area (TPSA) is 84.5 Å². The van der Waals surface area contributed by atoms with Crippen LogP contribution in [0, 0.1) is 0 Å². The molecule has 0 spiro atoms. The largest absolute Gasteiger partial charge is 0.493 e. The van der Waals surface area contributed by atoms with E-state index in [1.165, 1.54) is 17.7 Å². The maximum absolute atomic E-state index is 12.6. The molecule has 0 aromatic heterocycles. The number of anilines is 1. The Bertz CT molecular complexity index is 1150. The molecule has 0 atom stereocenters. The van der Waals surface area contributed by atoms with Gasteiger partial charge in [0.1, 0.15) is 5.75 Å². The quantitative estimate of drug-likeness (QED) is 0.522. The molecular weight excluding hydrogens is 424 g/mol. The third-order valence-corrected chi connectivity index (χ3v) is 6.24. The standard InChI is InChI=1S/C25H28N2O4S/c1-25(2,3)27-32(29,30)23-14-12-21(13-15-23)26-24(28)20-10-7-11-22(18-20)31-17-16-19-8-5-4-6-9-19/h4-15,18,27H,16-17H2,1-3H3,(H,26,28). The Hall–Kier alpha value is -3.16. The van der Waals surface area contributed by atoms with Gasteiger partial charge in [-0.1, -0.05) is 36.4 Å². The van der Waals surface area contributed by atoms with Gasteiger partial charge in [0, 0.05) is 23.2 Å². The number of ether oxygens (including phenoxy) is 1. The monoisotopic (exact) mass is 452 g/mol. The summed E-state index contributed by atoms with van der Waals surface area (Å²) >= 11 is 0. The molecule has 0 heterocycles. The molecule has 0 aliphatic rings. The van der Waals surface area contributed by atoms with E-state index in [1.807, 2.05) is 36.4 Å². The SMILES string of the molecule is CC(C)(C)NS(=O)(=O)c1ccc(NC(=O)c2cccc(OCCc3ccccc3)c2)cc1. The lowest BCUT2D eigenvalue weighted by Gasteiger charge is -2.20. The summed E-state index contributed by atoms with van der Waals surface area (Å²) in [6, 6.07) is 23.1. The Morgan fingerprint density at radius 2 is 1.59 bits per heavy atom. The normalized spacial score (nSPS) is 11.7. The third kappa shape index (κ3) is 6.93. The second kappa shape index (κ2) is 9.97. The second-order valence-electron chi connectivity index (χ2n) is 8.45. The number of hydrogen-bond donors (Lipinski definition) is 2. The minimum absolute atomic E-state index is 0.138. The number of carbonyl (C=O) groups excluding carboxylic acids is 1. The van der Waals surface area contributed by atoms with Crippen molar-refractivity contribution in [2.45, 2.75) is 37.6 Å². The van der Waals surface area contributed by atoms with Crippen LogP contribution in [0.2, 0.25) is 0 Å². The van der Waals surface area contributed by atoms with Crippen molar-refractivity contribution in [2.24, 2.45) is 0 Å². The summed E-state index contributed by atoms with van der Waals surface area (Å²) in [5.41, 5.74) is 1.55. The van der Waals surface area contributed by atoms with E-state index >= 15 is 0 Å². The first-order valence-electron chi connectivity index (χ1n) is 10.3. The van der Waals surface area contributed by atoms with Crippen molar-refractivity contribution in [1.29, 1.82) is 0 Å². The lowest BCUT2D eigenvalue weighted by Crippen LogP contribution is -2.40. The van der Waals surface area contributed by atoms with Gasteiger partial charge >= 0.3 is 0 Å². The van der Waals surface area contributed by atoms with Gasteiger partial charge in [-0.3, -0.25) is 4.79 Å². The van der Waals surface area contributed by atoms with Crippen molar-refractivity contribution in [3.63, 3.8) is 0 Å². The molecule has 0 unspecified atom stereocenters. The van der Waals surface area contributed by atoms with E-state index in [-0.39, 0.29) is 10.8 Å². The number of benzene rings is 3. The van der Waals surface area contributed by atoms with Crippen LogP contribution in [0.15, 0.2) is 83.8 Å². The summed E-state index contributed by atoms with van der Waals surface area (Å²) in [4.78, 5) is 12.8. The molecule has 2 N–H and O–H groups in total. The highest BCUT2D eigenvalue weighted by Gasteiger charge is 2.21. The lowest BCUT2D eigenvalue weighted by molar-refractivity contribution is 0.102. The predicted molar refractivity (Wildman–Crippen MR) is 127 cm³/mol. The average Bonchev–Trinajstić information content (AvgIpc) is 2.73. The van der Waals surface area contributed by atoms with Crippen LogP contribution in [0.5, 0.6) is 5.75 Å². The summed E-state index contributed by atoms with van der Waals surface area (Å²) in [7, 11) is -3.63. The van der Waals surface area contributed by atoms with Gasteiger partial charge in [0.05, 0.1) is 11.5 Å². The summed E-state index contributed by atoms with van der Waals surface area (Å²) < 4.78 is 33.2. The van der Waals surface area contributed by atoms with Crippen LogP contribution in [-0.4, -0.2) is 26.5 Å². The van der Waals surface area contributed by atoms with Crippen LogP contribution in [0.25, 0.3) is 0 Å². The van der Waals surface area contributed by atoms with Gasteiger partial charge in [-0.15, -0.1) is 0 Å². The predicted octanol–water partition coefficient (Wildman–Crippen LogP) is 4.64. The number of rotatable bonds is 8. The molecule has 3 rings (SSSR count). The van der Waals surface area contributed by atoms with Gasteiger partial charge in [-0.05, 0) is 68.8 Å². The molecule has 0 saturated carbocycles. The van der Waals surface area contributed by atoms with E-state index in [2.05, 4.69) is 10.0 Å². The number of nitrogens with one attached hydrogen (secondary N) is 2. The number of hydrogen-bond acceptors (Lipinski definition) is 4. The lowest BCUT2D eigenvalue weighted by atomic mass is 10.1. The summed E-state index contributed by atoms with van der Waals surface area (Å²) in [5.74, 6) is 0.310. The van der Waals surface area contributed by atoms with E-state index in [0.717, 1.165) is 6.42 Å². The highest BCUT2D eigenvalue weighted by atomic mass is 32.2. The maximum Gasteiger partial charge on any atom is 0.255 e. The van der Waals surface area contributed by atoms with E-state index in [4.69, 9.17) is 4.74 Å². The minimum atomic E-state index is -3.63. The minimum Gasteiger partial charge on any atom is -0.493 e. The smallest absolute Gasteiger partial charge is 0.255 e. The summed E-state index contributed by atoms with van der Waals surface area (Å²) in [6.45, 7) is 5.84. The Morgan fingerprint density at radius 3 is 2.25 bits per heavy atom. The van der Waals surface area contributed by atoms with Crippen molar-refractivity contribution >= 4 is 21.6 Å². The van der Waals surface area contributed by atoms with Crippen LogP contribution < -0.4 is 14.8 Å². The van der Waals surface area contributed by atoms with Gasteiger partial charge in [0.15, 0.2) is 0 Å². The molecule has 6 nitrogen and oxygen atoms in total. The van der Waals surface area contributed by atoms with Crippen molar-refractivity contribution in [3.8, 4) is 5.75 Å². The molecule has 0 aliphatic carbocycles. The van der Waals surface area contributed by atoms with E-state index in [1.54, 1.807) is 51.1 Å². The molecule has 0 saturated heterocycles. The Kier molecular flexibility index (Phi) is 7.33. The number of sulfonamides is 1. The van der Waals surface area contributed by atoms with E-state index in [0.29, 0.717) is 23.6 Å². The van der Waals surface area contributed by atoms with Gasteiger partial charge in [0.25, 0.3) is 5.91 Å². The van der Waals surface area contributed by atoms with E-state index in [9.17, 15) is 13.2 Å². The number of amides is 1. The first-order chi connectivity index (χ1) is 15.1. The highest BCUT2D eigenvalue weighted by molar-refractivity contribution is 7.89. The first-order valence-corrected chi connectivity index (χ1v) is 11.8. The van der Waals surface area contributed by atoms with Crippen LogP contribution in [-0.2, 0) is 16.4 Å². The van der Waals surface area contributed by atoms with Crippen LogP contribution in [0.3, 0.4) is 0 Å². The van der Waals surface area contributed by atoms with Crippen LogP contribution in [0.1, 0.15) is 36.7 Å². The fraction of sp³-hybridized carbons (Fsp3) is 0.240. The molecule has 1 amide bonds. The molecule has 3 aromatic rings. The molecule has 0 radical (unpaired) electrons. The van der Waals surface area contributed by atoms with Crippen LogP contribution in [0.4, 0.5) is 5.69 Å². The number of carbonyl (C=O) groups is 1. The average molecular weight is 453 g/mol. The zero-order valence-corrected chi connectivity index (χ0v) is 19.3. The second-order valence-corrected chi connectivity index (χ2v) is 10.1. The zero-order chi connectivity index (χ0) is 23.2. The van der Waals surface area contributed by atoms with Gasteiger partial charge in [-0.25, -0.2) is 13.1 Å². The molecule has 7 heteroatoms. The fourth-order valence-corrected chi connectivity index (χ4v) is 4.46. The van der Waals surface area contributed by atoms with Crippen molar-refractivity contribution in [1.82, 2.24) is 4.72 Å². The third-order valence-electron chi connectivity index (χ3n) is 4.46. The van der Waals surface area contributed by atoms with Gasteiger partial charge in [0.2, 0.25) is 10.0 Å². The van der Waals surface area contributed by atoms with Crippen molar-refractivity contribution < 1.29 is 17.9 Å².